The molecule has 0 bridgehead atoms. The van der Waals surface area contributed by atoms with E-state index in [0.717, 1.165) is 12.8 Å². The van der Waals surface area contributed by atoms with Crippen molar-refractivity contribution in [3.63, 3.8) is 0 Å². The molecule has 1 saturated heterocycles. The molecule has 0 unspecified atom stereocenters. The Labute approximate surface area is 133 Å². The molecule has 23 heavy (non-hydrogen) atoms. The van der Waals surface area contributed by atoms with Gasteiger partial charge in [0, 0.05) is 44.1 Å². The number of hydrogen-bond donors (Lipinski definition) is 1. The van der Waals surface area contributed by atoms with Gasteiger partial charge in [0.05, 0.1) is 5.56 Å². The number of likely N-dealkylation sites (tertiary alicyclic amines) is 1. The minimum atomic E-state index is -1.10. The number of carboxylic acid groups (broad SMARTS) is 1. The summed E-state index contributed by atoms with van der Waals surface area (Å²) in [6.45, 7) is 1.35. The first-order chi connectivity index (χ1) is 11.1. The molecular weight excluding hydrogens is 296 g/mol. The predicted octanol–water partition coefficient (Wildman–Crippen LogP) is 1.53. The Morgan fingerprint density at radius 3 is 2.48 bits per heavy atom. The number of aryl methyl sites for hydroxylation is 1. The average molecular weight is 314 g/mol. The van der Waals surface area contributed by atoms with Crippen LogP contribution in [0.1, 0.15) is 45.3 Å². The first kappa shape index (κ1) is 15.2. The lowest BCUT2D eigenvalue weighted by Crippen LogP contribution is -2.38. The number of amides is 1. The highest BCUT2D eigenvalue weighted by Gasteiger charge is 2.26. The van der Waals surface area contributed by atoms with Gasteiger partial charge in [-0.3, -0.25) is 9.48 Å². The molecule has 7 nitrogen and oxygen atoms in total. The van der Waals surface area contributed by atoms with E-state index in [1.165, 1.54) is 24.0 Å². The lowest BCUT2D eigenvalue weighted by atomic mass is 9.93. The highest BCUT2D eigenvalue weighted by atomic mass is 16.4. The summed E-state index contributed by atoms with van der Waals surface area (Å²) in [7, 11) is 1.93. The van der Waals surface area contributed by atoms with Gasteiger partial charge < -0.3 is 10.0 Å². The Morgan fingerprint density at radius 2 is 1.96 bits per heavy atom. The third-order valence-corrected chi connectivity index (χ3v) is 4.29. The van der Waals surface area contributed by atoms with Crippen LogP contribution in [0.2, 0.25) is 0 Å². The van der Waals surface area contributed by atoms with Crippen LogP contribution in [0.5, 0.6) is 0 Å². The molecule has 0 saturated carbocycles. The SMILES string of the molecule is Cn1nccc1C1CCN(C(=O)c2ccc(C(=O)O)nc2)CC1. The van der Waals surface area contributed by atoms with Crippen molar-refractivity contribution in [2.75, 3.05) is 13.1 Å². The van der Waals surface area contributed by atoms with E-state index >= 15 is 0 Å². The fourth-order valence-electron chi connectivity index (χ4n) is 2.99. The second-order valence-corrected chi connectivity index (χ2v) is 5.68. The van der Waals surface area contributed by atoms with Gasteiger partial charge >= 0.3 is 5.97 Å². The molecule has 0 aromatic carbocycles. The number of rotatable bonds is 3. The molecule has 3 rings (SSSR count). The van der Waals surface area contributed by atoms with Crippen molar-refractivity contribution in [2.24, 2.45) is 7.05 Å². The molecule has 1 N–H and O–H groups in total. The molecular formula is C16H18N4O3. The van der Waals surface area contributed by atoms with Gasteiger partial charge in [-0.25, -0.2) is 9.78 Å². The molecule has 0 atom stereocenters. The molecule has 1 aliphatic rings. The minimum Gasteiger partial charge on any atom is -0.477 e. The molecule has 7 heteroatoms. The molecule has 1 amide bonds. The van der Waals surface area contributed by atoms with Crippen molar-refractivity contribution in [3.8, 4) is 0 Å². The number of carbonyl (C=O) groups excluding carboxylic acids is 1. The molecule has 2 aromatic rings. The first-order valence-electron chi connectivity index (χ1n) is 7.53. The number of piperidine rings is 1. The van der Waals surface area contributed by atoms with E-state index in [-0.39, 0.29) is 11.6 Å². The molecule has 0 radical (unpaired) electrons. The topological polar surface area (TPSA) is 88.3 Å². The summed E-state index contributed by atoms with van der Waals surface area (Å²) in [6.07, 6.45) is 4.92. The third-order valence-electron chi connectivity index (χ3n) is 4.29. The van der Waals surface area contributed by atoms with Crippen LogP contribution >= 0.6 is 0 Å². The summed E-state index contributed by atoms with van der Waals surface area (Å²) in [4.78, 5) is 28.9. The average Bonchev–Trinajstić information content (AvgIpc) is 3.00. The number of carboxylic acids is 1. The van der Waals surface area contributed by atoms with Crippen molar-refractivity contribution in [2.45, 2.75) is 18.8 Å². The maximum atomic E-state index is 12.5. The van der Waals surface area contributed by atoms with E-state index in [0.29, 0.717) is 24.6 Å². The largest absolute Gasteiger partial charge is 0.477 e. The summed E-state index contributed by atoms with van der Waals surface area (Å²) in [5.41, 5.74) is 1.56. The number of carbonyl (C=O) groups is 2. The van der Waals surface area contributed by atoms with Gasteiger partial charge in [-0.1, -0.05) is 0 Å². The normalized spacial score (nSPS) is 15.6. The zero-order valence-electron chi connectivity index (χ0n) is 12.8. The molecule has 0 spiro atoms. The van der Waals surface area contributed by atoms with Gasteiger partial charge in [0.15, 0.2) is 0 Å². The van der Waals surface area contributed by atoms with Gasteiger partial charge in [-0.15, -0.1) is 0 Å². The molecule has 1 aliphatic heterocycles. The van der Waals surface area contributed by atoms with Gasteiger partial charge in [-0.05, 0) is 31.0 Å². The van der Waals surface area contributed by atoms with E-state index < -0.39 is 5.97 Å². The fourth-order valence-corrected chi connectivity index (χ4v) is 2.99. The van der Waals surface area contributed by atoms with Crippen LogP contribution < -0.4 is 0 Å². The number of aromatic nitrogens is 3. The zero-order chi connectivity index (χ0) is 16.4. The Hall–Kier alpha value is -2.70. The lowest BCUT2D eigenvalue weighted by molar-refractivity contribution is 0.0682. The fraction of sp³-hybridized carbons (Fsp3) is 0.375. The molecule has 3 heterocycles. The van der Waals surface area contributed by atoms with Crippen LogP contribution in [0.15, 0.2) is 30.6 Å². The van der Waals surface area contributed by atoms with E-state index in [4.69, 9.17) is 5.11 Å². The van der Waals surface area contributed by atoms with Crippen molar-refractivity contribution < 1.29 is 14.7 Å². The third kappa shape index (κ3) is 3.08. The maximum Gasteiger partial charge on any atom is 0.354 e. The molecule has 1 fully saturated rings. The van der Waals surface area contributed by atoms with Crippen LogP contribution in [-0.4, -0.2) is 49.7 Å². The van der Waals surface area contributed by atoms with Gasteiger partial charge in [0.2, 0.25) is 0 Å². The van der Waals surface area contributed by atoms with Gasteiger partial charge in [-0.2, -0.15) is 5.10 Å². The summed E-state index contributed by atoms with van der Waals surface area (Å²) in [5.74, 6) is -0.780. The zero-order valence-corrected chi connectivity index (χ0v) is 12.8. The second kappa shape index (κ2) is 6.20. The highest BCUT2D eigenvalue weighted by Crippen LogP contribution is 2.28. The summed E-state index contributed by atoms with van der Waals surface area (Å²) in [6, 6.07) is 4.90. The predicted molar refractivity (Wildman–Crippen MR) is 82.3 cm³/mol. The Balaban J connectivity index is 1.64. The van der Waals surface area contributed by atoms with E-state index in [2.05, 4.69) is 10.1 Å². The second-order valence-electron chi connectivity index (χ2n) is 5.68. The summed E-state index contributed by atoms with van der Waals surface area (Å²) < 4.78 is 1.89. The van der Waals surface area contributed by atoms with Crippen molar-refractivity contribution in [1.29, 1.82) is 0 Å². The van der Waals surface area contributed by atoms with Crippen LogP contribution in [0, 0.1) is 0 Å². The summed E-state index contributed by atoms with van der Waals surface area (Å²) >= 11 is 0. The number of pyridine rings is 1. The molecule has 120 valence electrons. The number of aromatic carboxylic acids is 1. The Bertz CT molecular complexity index is 715. The van der Waals surface area contributed by atoms with Crippen LogP contribution in [0.3, 0.4) is 0 Å². The van der Waals surface area contributed by atoms with E-state index in [9.17, 15) is 9.59 Å². The van der Waals surface area contributed by atoms with Crippen molar-refractivity contribution in [3.05, 3.63) is 47.5 Å². The molecule has 2 aromatic heterocycles. The van der Waals surface area contributed by atoms with Gasteiger partial charge in [0.25, 0.3) is 5.91 Å². The van der Waals surface area contributed by atoms with Crippen molar-refractivity contribution >= 4 is 11.9 Å². The van der Waals surface area contributed by atoms with Crippen LogP contribution in [-0.2, 0) is 7.05 Å². The Morgan fingerprint density at radius 1 is 1.22 bits per heavy atom. The van der Waals surface area contributed by atoms with Gasteiger partial charge in [0.1, 0.15) is 5.69 Å². The first-order valence-corrected chi connectivity index (χ1v) is 7.53. The number of nitrogens with zero attached hydrogens (tertiary/aromatic N) is 4. The quantitative estimate of drug-likeness (QED) is 0.928. The van der Waals surface area contributed by atoms with Crippen LogP contribution in [0.25, 0.3) is 0 Å². The molecule has 0 aliphatic carbocycles. The van der Waals surface area contributed by atoms with E-state index in [1.54, 1.807) is 11.1 Å². The minimum absolute atomic E-state index is 0.0588. The van der Waals surface area contributed by atoms with E-state index in [1.807, 2.05) is 17.8 Å². The smallest absolute Gasteiger partial charge is 0.354 e. The maximum absolute atomic E-state index is 12.5. The monoisotopic (exact) mass is 314 g/mol. The van der Waals surface area contributed by atoms with Crippen LogP contribution in [0.4, 0.5) is 0 Å². The summed E-state index contributed by atoms with van der Waals surface area (Å²) in [5, 5.41) is 13.0. The number of hydrogen-bond acceptors (Lipinski definition) is 4. The van der Waals surface area contributed by atoms with Crippen molar-refractivity contribution in [1.82, 2.24) is 19.7 Å². The Kier molecular flexibility index (Phi) is 4.10. The highest BCUT2D eigenvalue weighted by molar-refractivity contribution is 5.95. The lowest BCUT2D eigenvalue weighted by Gasteiger charge is -2.32. The standard InChI is InChI=1S/C16H18N4O3/c1-19-14(4-7-18-19)11-5-8-20(9-6-11)15(21)12-2-3-13(16(22)23)17-10-12/h2-4,7,10-11H,5-6,8-9H2,1H3,(H,22,23).